The van der Waals surface area contributed by atoms with E-state index in [0.29, 0.717) is 12.0 Å². The number of hydrogen-bond donors (Lipinski definition) is 0. The highest BCUT2D eigenvalue weighted by atomic mass is 16.7. The molecule has 0 unspecified atom stereocenters. The van der Waals surface area contributed by atoms with Gasteiger partial charge in [-0.15, -0.1) is 0 Å². The first-order valence-electron chi connectivity index (χ1n) is 20.5. The summed E-state index contributed by atoms with van der Waals surface area (Å²) >= 11 is 0. The van der Waals surface area contributed by atoms with Crippen molar-refractivity contribution in [1.82, 2.24) is 4.90 Å². The number of carbonyl (C=O) groups excluding carboxylic acids is 5. The smallest absolute Gasteiger partial charge is 0.415 e. The van der Waals surface area contributed by atoms with Crippen LogP contribution in [-0.2, 0) is 42.8 Å². The highest BCUT2D eigenvalue weighted by Gasteiger charge is 2.62. The molecule has 0 bridgehead atoms. The molecule has 16 heteroatoms. The first-order chi connectivity index (χ1) is 28.2. The molecule has 0 N–H and O–H groups in total. The van der Waals surface area contributed by atoms with Crippen LogP contribution >= 0.6 is 0 Å². The number of amides is 1. The van der Waals surface area contributed by atoms with Crippen LogP contribution in [0.2, 0.25) is 0 Å². The number of nitro groups is 1. The molecule has 0 aliphatic carbocycles. The molecule has 3 heterocycles. The molecule has 3 aliphatic rings. The van der Waals surface area contributed by atoms with Crippen molar-refractivity contribution < 1.29 is 57.3 Å². The SMILES string of the molecule is CC[C@H]1OC(=O)[C@H](C)C(=O)[C@H](C)[C@@H](O[C@@H]2O[C@H](C)C[C@H](N(C)C)[C@H]2OC(=O)c2ccccc2)[C@](C)(OC)C[C@@H](C)C(=O)[C@H](C)[C@H]2N(c3ccccc3[N+](=O)[O-])C(=O)O[C@]12C. The minimum atomic E-state index is -1.70. The molecule has 1 amide bonds. The van der Waals surface area contributed by atoms with Crippen LogP contribution in [0.4, 0.5) is 16.2 Å². The van der Waals surface area contributed by atoms with Gasteiger partial charge in [0.25, 0.3) is 5.69 Å². The Kier molecular flexibility index (Phi) is 14.2. The zero-order valence-corrected chi connectivity index (χ0v) is 36.3. The van der Waals surface area contributed by atoms with E-state index in [0.717, 1.165) is 4.90 Å². The van der Waals surface area contributed by atoms with E-state index in [1.807, 2.05) is 25.9 Å². The van der Waals surface area contributed by atoms with E-state index in [1.165, 1.54) is 45.2 Å². The lowest BCUT2D eigenvalue weighted by Gasteiger charge is -2.47. The summed E-state index contributed by atoms with van der Waals surface area (Å²) < 4.78 is 37.7. The summed E-state index contributed by atoms with van der Waals surface area (Å²) in [5, 5.41) is 12.2. The zero-order chi connectivity index (χ0) is 44.4. The van der Waals surface area contributed by atoms with Gasteiger partial charge in [0, 0.05) is 30.9 Å². The average molecular weight is 838 g/mol. The lowest BCUT2D eigenvalue weighted by Crippen LogP contribution is -2.61. The van der Waals surface area contributed by atoms with Crippen LogP contribution in [0.25, 0.3) is 0 Å². The van der Waals surface area contributed by atoms with Crippen LogP contribution in [0.1, 0.15) is 85.0 Å². The number of Topliss-reactive ketones (excluding diaryl/α,β-unsaturated/α-hetero) is 2. The summed E-state index contributed by atoms with van der Waals surface area (Å²) in [6, 6.07) is 12.6. The number of carbonyl (C=O) groups is 5. The molecule has 0 spiro atoms. The average Bonchev–Trinajstić information content (AvgIpc) is 3.50. The second-order valence-corrected chi connectivity index (χ2v) is 17.0. The molecule has 0 radical (unpaired) electrons. The van der Waals surface area contributed by atoms with Crippen molar-refractivity contribution in [3.05, 3.63) is 70.3 Å². The molecule has 16 nitrogen and oxygen atoms in total. The molecule has 0 aromatic heterocycles. The number of nitrogens with zero attached hydrogens (tertiary/aromatic N) is 3. The number of nitro benzene ring substituents is 1. The zero-order valence-electron chi connectivity index (χ0n) is 36.3. The number of ether oxygens (including phenoxy) is 6. The van der Waals surface area contributed by atoms with Gasteiger partial charge in [-0.05, 0) is 79.3 Å². The minimum absolute atomic E-state index is 0.0252. The number of methoxy groups -OCH3 is 1. The summed E-state index contributed by atoms with van der Waals surface area (Å²) in [5.41, 5.74) is -3.29. The first-order valence-corrected chi connectivity index (χ1v) is 20.5. The van der Waals surface area contributed by atoms with Crippen LogP contribution in [0.15, 0.2) is 54.6 Å². The van der Waals surface area contributed by atoms with Crippen molar-refractivity contribution in [2.24, 2.45) is 23.7 Å². The van der Waals surface area contributed by atoms with Gasteiger partial charge < -0.3 is 33.3 Å². The quantitative estimate of drug-likeness (QED) is 0.0917. The molecule has 5 rings (SSSR count). The molecule has 3 saturated heterocycles. The fourth-order valence-corrected chi connectivity index (χ4v) is 9.32. The normalized spacial score (nSPS) is 35.6. The molecule has 328 valence electrons. The van der Waals surface area contributed by atoms with Gasteiger partial charge in [0.2, 0.25) is 0 Å². The maximum absolute atomic E-state index is 14.8. The summed E-state index contributed by atoms with van der Waals surface area (Å²) in [5.74, 6) is -6.75. The number of ketones is 2. The Morgan fingerprint density at radius 3 is 2.18 bits per heavy atom. The molecular formula is C44H59N3O13. The van der Waals surface area contributed by atoms with Crippen LogP contribution in [0.3, 0.4) is 0 Å². The number of likely N-dealkylation sites (N-methyl/N-ethyl adjacent to an activating group) is 1. The largest absolute Gasteiger partial charge is 0.458 e. The summed E-state index contributed by atoms with van der Waals surface area (Å²) in [6.07, 6.45) is -5.36. The van der Waals surface area contributed by atoms with Gasteiger partial charge in [-0.25, -0.2) is 9.59 Å². The Morgan fingerprint density at radius 2 is 1.58 bits per heavy atom. The third-order valence-electron chi connectivity index (χ3n) is 12.6. The maximum atomic E-state index is 14.8. The number of hydrogen-bond acceptors (Lipinski definition) is 14. The van der Waals surface area contributed by atoms with Crippen LogP contribution < -0.4 is 4.90 Å². The Balaban J connectivity index is 1.61. The number of para-hydroxylation sites is 2. The number of cyclic esters (lactones) is 1. The van der Waals surface area contributed by atoms with E-state index in [4.69, 9.17) is 28.4 Å². The fourth-order valence-electron chi connectivity index (χ4n) is 9.32. The lowest BCUT2D eigenvalue weighted by atomic mass is 9.73. The second kappa shape index (κ2) is 18.5. The number of anilines is 1. The van der Waals surface area contributed by atoms with Gasteiger partial charge in [0.15, 0.2) is 23.8 Å². The van der Waals surface area contributed by atoms with Crippen molar-refractivity contribution in [3.63, 3.8) is 0 Å². The third kappa shape index (κ3) is 8.97. The van der Waals surface area contributed by atoms with E-state index < -0.39 is 94.3 Å². The summed E-state index contributed by atoms with van der Waals surface area (Å²) in [6.45, 7) is 13.1. The highest BCUT2D eigenvalue weighted by molar-refractivity contribution is 6.00. The Bertz CT molecular complexity index is 1930. The van der Waals surface area contributed by atoms with E-state index in [-0.39, 0.29) is 42.1 Å². The molecule has 13 atom stereocenters. The first kappa shape index (κ1) is 46.3. The van der Waals surface area contributed by atoms with Gasteiger partial charge in [-0.1, -0.05) is 58.0 Å². The Labute approximate surface area is 351 Å². The van der Waals surface area contributed by atoms with Crippen molar-refractivity contribution in [2.45, 2.75) is 129 Å². The minimum Gasteiger partial charge on any atom is -0.458 e. The fraction of sp³-hybridized carbons (Fsp3) is 0.614. The predicted octanol–water partition coefficient (Wildman–Crippen LogP) is 6.17. The van der Waals surface area contributed by atoms with E-state index in [9.17, 15) is 34.1 Å². The molecular weight excluding hydrogens is 778 g/mol. The van der Waals surface area contributed by atoms with Gasteiger partial charge in [0.05, 0.1) is 40.4 Å². The standard InChI is InChI=1S/C44H59N3O13/c1-12-33-44(8)37(46(42(52)60-44)30-20-16-17-21-31(30)47(53)54)26(4)34(48)24(2)23-43(7,55-11)38(27(5)35(49)28(6)39(50)57-33)59-41-36(32(45(9)10)22-25(3)56-41)58-40(51)29-18-14-13-15-19-29/h13-21,24-28,32-33,36-38,41H,12,22-23H2,1-11H3/t24-,25-,26+,27+,28-,32+,33-,36-,37-,38-,41+,43-,44-/m1/s1. The second-order valence-electron chi connectivity index (χ2n) is 17.0. The number of rotatable bonds is 9. The molecule has 3 aliphatic heterocycles. The molecule has 3 fully saturated rings. The van der Waals surface area contributed by atoms with Crippen LogP contribution in [0, 0.1) is 33.8 Å². The Morgan fingerprint density at radius 1 is 0.950 bits per heavy atom. The number of benzene rings is 2. The number of fused-ring (bicyclic) bond motifs is 1. The van der Waals surface area contributed by atoms with E-state index in [2.05, 4.69) is 0 Å². The predicted molar refractivity (Wildman–Crippen MR) is 218 cm³/mol. The van der Waals surface area contributed by atoms with Gasteiger partial charge in [0.1, 0.15) is 23.5 Å². The molecule has 2 aromatic carbocycles. The summed E-state index contributed by atoms with van der Waals surface area (Å²) in [7, 11) is 5.14. The van der Waals surface area contributed by atoms with Crippen molar-refractivity contribution in [1.29, 1.82) is 0 Å². The Hall–Kier alpha value is -4.77. The summed E-state index contributed by atoms with van der Waals surface area (Å²) in [4.78, 5) is 85.6. The van der Waals surface area contributed by atoms with Gasteiger partial charge in [-0.3, -0.25) is 29.4 Å². The van der Waals surface area contributed by atoms with E-state index >= 15 is 0 Å². The molecule has 0 saturated carbocycles. The maximum Gasteiger partial charge on any atom is 0.415 e. The molecule has 60 heavy (non-hydrogen) atoms. The lowest BCUT2D eigenvalue weighted by molar-refractivity contribution is -0.384. The van der Waals surface area contributed by atoms with Crippen molar-refractivity contribution in [3.8, 4) is 0 Å². The van der Waals surface area contributed by atoms with Gasteiger partial charge >= 0.3 is 18.0 Å². The van der Waals surface area contributed by atoms with Gasteiger partial charge in [-0.2, -0.15) is 0 Å². The van der Waals surface area contributed by atoms with Crippen LogP contribution in [-0.4, -0.2) is 115 Å². The molecule has 2 aromatic rings. The van der Waals surface area contributed by atoms with Crippen molar-refractivity contribution in [2.75, 3.05) is 26.1 Å². The topological polar surface area (TPSA) is 190 Å². The number of esters is 2. The monoisotopic (exact) mass is 837 g/mol. The van der Waals surface area contributed by atoms with E-state index in [1.54, 1.807) is 65.0 Å². The highest BCUT2D eigenvalue weighted by Crippen LogP contribution is 2.46. The van der Waals surface area contributed by atoms with Crippen molar-refractivity contribution >= 4 is 41.0 Å². The van der Waals surface area contributed by atoms with Crippen LogP contribution in [0.5, 0.6) is 0 Å². The third-order valence-corrected chi connectivity index (χ3v) is 12.6.